The number of ether oxygens (including phenoxy) is 1. The molecular weight excluding hydrogens is 240 g/mol. The van der Waals surface area contributed by atoms with Crippen molar-refractivity contribution in [1.82, 2.24) is 4.90 Å². The van der Waals surface area contributed by atoms with Crippen LogP contribution in [-0.2, 0) is 0 Å². The predicted octanol–water partition coefficient (Wildman–Crippen LogP) is 1.79. The monoisotopic (exact) mass is 266 g/mol. The molecule has 0 spiro atoms. The summed E-state index contributed by atoms with van der Waals surface area (Å²) in [5, 5.41) is 9.22. The van der Waals surface area contributed by atoms with Crippen molar-refractivity contribution in [3.63, 3.8) is 0 Å². The Labute approximate surface area is 116 Å². The van der Waals surface area contributed by atoms with Crippen LogP contribution < -0.4 is 10.5 Å². The van der Waals surface area contributed by atoms with E-state index in [0.717, 1.165) is 24.3 Å². The molecule has 0 radical (unpaired) electrons. The Morgan fingerprint density at radius 3 is 2.32 bits per heavy atom. The molecule has 1 aromatic carbocycles. The first-order chi connectivity index (χ1) is 9.13. The van der Waals surface area contributed by atoms with Crippen molar-refractivity contribution in [2.75, 3.05) is 26.8 Å². The van der Waals surface area contributed by atoms with Gasteiger partial charge in [-0.2, -0.15) is 0 Å². The van der Waals surface area contributed by atoms with Gasteiger partial charge in [0.2, 0.25) is 0 Å². The van der Waals surface area contributed by atoms with Crippen LogP contribution in [0.5, 0.6) is 5.75 Å². The van der Waals surface area contributed by atoms with E-state index in [2.05, 4.69) is 11.8 Å². The highest BCUT2D eigenvalue weighted by atomic mass is 16.5. The lowest BCUT2D eigenvalue weighted by atomic mass is 9.98. The Kier molecular flexibility index (Phi) is 6.84. The summed E-state index contributed by atoms with van der Waals surface area (Å²) in [7, 11) is 1.66. The molecule has 0 aliphatic heterocycles. The molecule has 0 aliphatic carbocycles. The third kappa shape index (κ3) is 4.49. The second-order valence-corrected chi connectivity index (χ2v) is 4.84. The van der Waals surface area contributed by atoms with Crippen molar-refractivity contribution in [2.45, 2.75) is 32.4 Å². The summed E-state index contributed by atoms with van der Waals surface area (Å²) in [6, 6.07) is 8.13. The van der Waals surface area contributed by atoms with Gasteiger partial charge < -0.3 is 15.6 Å². The summed E-state index contributed by atoms with van der Waals surface area (Å²) in [5.74, 6) is 0.844. The highest BCUT2D eigenvalue weighted by Gasteiger charge is 2.23. The molecule has 2 unspecified atom stereocenters. The Morgan fingerprint density at radius 2 is 1.89 bits per heavy atom. The van der Waals surface area contributed by atoms with E-state index in [4.69, 9.17) is 10.5 Å². The van der Waals surface area contributed by atoms with Gasteiger partial charge in [-0.05, 0) is 37.6 Å². The van der Waals surface area contributed by atoms with Gasteiger partial charge >= 0.3 is 0 Å². The van der Waals surface area contributed by atoms with E-state index >= 15 is 0 Å². The fourth-order valence-corrected chi connectivity index (χ4v) is 2.45. The molecule has 0 bridgehead atoms. The molecule has 0 saturated heterocycles. The van der Waals surface area contributed by atoms with Gasteiger partial charge in [-0.1, -0.05) is 19.1 Å². The molecule has 4 nitrogen and oxygen atoms in total. The molecule has 0 fully saturated rings. The number of benzene rings is 1. The van der Waals surface area contributed by atoms with Gasteiger partial charge in [0.1, 0.15) is 5.75 Å². The Balaban J connectivity index is 2.95. The number of hydrogen-bond donors (Lipinski definition) is 2. The first-order valence-electron chi connectivity index (χ1n) is 6.88. The van der Waals surface area contributed by atoms with Crippen LogP contribution in [-0.4, -0.2) is 42.9 Å². The van der Waals surface area contributed by atoms with Gasteiger partial charge in [0.05, 0.1) is 13.7 Å². The maximum Gasteiger partial charge on any atom is 0.118 e. The van der Waals surface area contributed by atoms with Crippen molar-refractivity contribution < 1.29 is 9.84 Å². The van der Waals surface area contributed by atoms with E-state index in [1.807, 2.05) is 31.2 Å². The fraction of sp³-hybridized carbons (Fsp3) is 0.600. The summed E-state index contributed by atoms with van der Waals surface area (Å²) in [5.41, 5.74) is 7.31. The molecule has 0 amide bonds. The van der Waals surface area contributed by atoms with Crippen LogP contribution in [0.25, 0.3) is 0 Å². The van der Waals surface area contributed by atoms with Crippen LogP contribution in [0.15, 0.2) is 24.3 Å². The maximum atomic E-state index is 9.22. The number of aliphatic hydroxyl groups is 1. The predicted molar refractivity (Wildman–Crippen MR) is 78.3 cm³/mol. The lowest BCUT2D eigenvalue weighted by Crippen LogP contribution is -2.41. The Morgan fingerprint density at radius 1 is 1.26 bits per heavy atom. The molecule has 0 heterocycles. The number of nitrogens with two attached hydrogens (primary N) is 1. The minimum Gasteiger partial charge on any atom is -0.497 e. The zero-order valence-electron chi connectivity index (χ0n) is 12.2. The van der Waals surface area contributed by atoms with Crippen molar-refractivity contribution in [1.29, 1.82) is 0 Å². The molecule has 0 aromatic heterocycles. The first kappa shape index (κ1) is 16.0. The second kappa shape index (κ2) is 8.15. The van der Waals surface area contributed by atoms with Gasteiger partial charge in [-0.15, -0.1) is 0 Å². The minimum absolute atomic E-state index is 0.00601. The van der Waals surface area contributed by atoms with Crippen LogP contribution in [0.3, 0.4) is 0 Å². The molecule has 1 rings (SSSR count). The quantitative estimate of drug-likeness (QED) is 0.753. The molecule has 1 aromatic rings. The summed E-state index contributed by atoms with van der Waals surface area (Å²) in [6.07, 6.45) is 1.04. The van der Waals surface area contributed by atoms with Gasteiger partial charge in [0, 0.05) is 18.6 Å². The zero-order valence-corrected chi connectivity index (χ0v) is 12.2. The molecule has 19 heavy (non-hydrogen) atoms. The number of nitrogens with zero attached hydrogens (tertiary/aromatic N) is 1. The summed E-state index contributed by atoms with van der Waals surface area (Å²) >= 11 is 0. The Hall–Kier alpha value is -1.10. The highest BCUT2D eigenvalue weighted by Crippen LogP contribution is 2.25. The summed E-state index contributed by atoms with van der Waals surface area (Å²) in [4.78, 5) is 2.24. The van der Waals surface area contributed by atoms with Gasteiger partial charge in [-0.3, -0.25) is 4.90 Å². The van der Waals surface area contributed by atoms with Crippen molar-refractivity contribution >= 4 is 0 Å². The number of rotatable bonds is 8. The van der Waals surface area contributed by atoms with Gasteiger partial charge in [0.25, 0.3) is 0 Å². The standard InChI is InChI=1S/C15H26N2O2/c1-4-9-17(10-11-18)15(12(2)16)13-5-7-14(19-3)8-6-13/h5-8,12,15,18H,4,9-11,16H2,1-3H3. The third-order valence-corrected chi connectivity index (χ3v) is 3.25. The van der Waals surface area contributed by atoms with Crippen LogP contribution in [0.4, 0.5) is 0 Å². The summed E-state index contributed by atoms with van der Waals surface area (Å²) < 4.78 is 5.18. The molecule has 108 valence electrons. The largest absolute Gasteiger partial charge is 0.497 e. The van der Waals surface area contributed by atoms with E-state index in [1.54, 1.807) is 7.11 Å². The van der Waals surface area contributed by atoms with Crippen molar-refractivity contribution in [3.8, 4) is 5.75 Å². The summed E-state index contributed by atoms with van der Waals surface area (Å²) in [6.45, 7) is 5.87. The number of methoxy groups -OCH3 is 1. The smallest absolute Gasteiger partial charge is 0.118 e. The lowest BCUT2D eigenvalue weighted by Gasteiger charge is -2.34. The number of aliphatic hydroxyl groups excluding tert-OH is 1. The van der Waals surface area contributed by atoms with Crippen LogP contribution in [0.1, 0.15) is 31.9 Å². The van der Waals surface area contributed by atoms with Gasteiger partial charge in [-0.25, -0.2) is 0 Å². The molecular formula is C15H26N2O2. The Bertz CT molecular complexity index is 346. The molecule has 2 atom stereocenters. The second-order valence-electron chi connectivity index (χ2n) is 4.84. The molecule has 0 saturated carbocycles. The van der Waals surface area contributed by atoms with E-state index < -0.39 is 0 Å². The van der Waals surface area contributed by atoms with Crippen molar-refractivity contribution in [2.24, 2.45) is 5.73 Å². The van der Waals surface area contributed by atoms with E-state index in [0.29, 0.717) is 6.54 Å². The van der Waals surface area contributed by atoms with Crippen LogP contribution in [0, 0.1) is 0 Å². The minimum atomic E-state index is 0.00601. The first-order valence-corrected chi connectivity index (χ1v) is 6.88. The highest BCUT2D eigenvalue weighted by molar-refractivity contribution is 5.29. The third-order valence-electron chi connectivity index (χ3n) is 3.25. The molecule has 4 heteroatoms. The molecule has 0 aliphatic rings. The zero-order chi connectivity index (χ0) is 14.3. The SMILES string of the molecule is CCCN(CCO)C(c1ccc(OC)cc1)C(C)N. The lowest BCUT2D eigenvalue weighted by molar-refractivity contribution is 0.137. The number of hydrogen-bond acceptors (Lipinski definition) is 4. The van der Waals surface area contributed by atoms with Crippen molar-refractivity contribution in [3.05, 3.63) is 29.8 Å². The maximum absolute atomic E-state index is 9.22. The molecule has 3 N–H and O–H groups in total. The van der Waals surface area contributed by atoms with Gasteiger partial charge in [0.15, 0.2) is 0 Å². The average molecular weight is 266 g/mol. The van der Waals surface area contributed by atoms with E-state index in [1.165, 1.54) is 0 Å². The average Bonchev–Trinajstić information content (AvgIpc) is 2.40. The van der Waals surface area contributed by atoms with Crippen LogP contribution >= 0.6 is 0 Å². The normalized spacial score (nSPS) is 14.4. The van der Waals surface area contributed by atoms with E-state index in [9.17, 15) is 5.11 Å². The fourth-order valence-electron chi connectivity index (χ4n) is 2.45. The topological polar surface area (TPSA) is 58.7 Å². The van der Waals surface area contributed by atoms with E-state index in [-0.39, 0.29) is 18.7 Å². The van der Waals surface area contributed by atoms with Crippen LogP contribution in [0.2, 0.25) is 0 Å².